The Balaban J connectivity index is 0.00000261. The van der Waals surface area contributed by atoms with Crippen molar-refractivity contribution in [2.24, 2.45) is 11.7 Å². The van der Waals surface area contributed by atoms with E-state index in [4.69, 9.17) is 15.2 Å². The molecule has 0 bridgehead atoms. The number of hydrogen-bond donors (Lipinski definition) is 1. The fourth-order valence-corrected chi connectivity index (χ4v) is 4.46. The lowest BCUT2D eigenvalue weighted by atomic mass is 9.99. The van der Waals surface area contributed by atoms with Crippen LogP contribution in [0.25, 0.3) is 0 Å². The third kappa shape index (κ3) is 5.13. The quantitative estimate of drug-likeness (QED) is 0.787. The summed E-state index contributed by atoms with van der Waals surface area (Å²) in [6.45, 7) is 1.66. The van der Waals surface area contributed by atoms with Gasteiger partial charge in [0.1, 0.15) is 17.2 Å². The zero-order valence-electron chi connectivity index (χ0n) is 15.2. The zero-order valence-corrected chi connectivity index (χ0v) is 16.8. The second kappa shape index (κ2) is 9.41. The molecule has 0 unspecified atom stereocenters. The average Bonchev–Trinajstić information content (AvgIpc) is 2.69. The monoisotopic (exact) mass is 412 g/mol. The van der Waals surface area contributed by atoms with Crippen LogP contribution in [0.15, 0.2) is 53.4 Å². The van der Waals surface area contributed by atoms with E-state index in [1.807, 2.05) is 0 Å². The highest BCUT2D eigenvalue weighted by atomic mass is 35.5. The van der Waals surface area contributed by atoms with E-state index in [-0.39, 0.29) is 17.3 Å². The van der Waals surface area contributed by atoms with Gasteiger partial charge in [-0.25, -0.2) is 8.42 Å². The molecular weight excluding hydrogens is 388 g/mol. The van der Waals surface area contributed by atoms with Gasteiger partial charge in [0.15, 0.2) is 0 Å². The zero-order chi connectivity index (χ0) is 18.6. The molecule has 1 fully saturated rings. The Morgan fingerprint density at radius 1 is 0.963 bits per heavy atom. The van der Waals surface area contributed by atoms with Crippen molar-refractivity contribution in [2.75, 3.05) is 26.7 Å². The molecule has 8 heteroatoms. The number of nitrogens with two attached hydrogens (primary N) is 1. The molecular formula is C19H25ClN2O4S. The van der Waals surface area contributed by atoms with Crippen LogP contribution in [0.4, 0.5) is 0 Å². The van der Waals surface area contributed by atoms with E-state index in [1.165, 1.54) is 0 Å². The van der Waals surface area contributed by atoms with Gasteiger partial charge in [0.25, 0.3) is 0 Å². The van der Waals surface area contributed by atoms with Gasteiger partial charge in [-0.15, -0.1) is 12.4 Å². The Bertz CT molecular complexity index is 818. The van der Waals surface area contributed by atoms with Gasteiger partial charge in [0, 0.05) is 13.1 Å². The van der Waals surface area contributed by atoms with Gasteiger partial charge in [0.05, 0.1) is 12.0 Å². The summed E-state index contributed by atoms with van der Waals surface area (Å²) in [6, 6.07) is 13.7. The van der Waals surface area contributed by atoms with Gasteiger partial charge in [-0.05, 0) is 73.8 Å². The lowest BCUT2D eigenvalue weighted by Gasteiger charge is -2.30. The molecule has 0 atom stereocenters. The minimum Gasteiger partial charge on any atom is -0.497 e. The number of benzene rings is 2. The number of piperidine rings is 1. The summed E-state index contributed by atoms with van der Waals surface area (Å²) in [5, 5.41) is 0. The third-order valence-electron chi connectivity index (χ3n) is 4.66. The van der Waals surface area contributed by atoms with Crippen LogP contribution in [0, 0.1) is 5.92 Å². The average molecular weight is 413 g/mol. The van der Waals surface area contributed by atoms with E-state index >= 15 is 0 Å². The van der Waals surface area contributed by atoms with Crippen molar-refractivity contribution in [1.29, 1.82) is 0 Å². The van der Waals surface area contributed by atoms with Crippen LogP contribution in [0.5, 0.6) is 17.2 Å². The molecule has 0 aromatic heterocycles. The van der Waals surface area contributed by atoms with Crippen molar-refractivity contribution >= 4 is 22.4 Å². The molecule has 1 heterocycles. The number of hydrogen-bond acceptors (Lipinski definition) is 5. The van der Waals surface area contributed by atoms with Gasteiger partial charge in [-0.2, -0.15) is 4.31 Å². The largest absolute Gasteiger partial charge is 0.497 e. The topological polar surface area (TPSA) is 81.9 Å². The highest BCUT2D eigenvalue weighted by molar-refractivity contribution is 7.89. The molecule has 3 rings (SSSR count). The van der Waals surface area contributed by atoms with Crippen LogP contribution >= 0.6 is 12.4 Å². The van der Waals surface area contributed by atoms with Crippen molar-refractivity contribution in [3.8, 4) is 17.2 Å². The van der Waals surface area contributed by atoms with Gasteiger partial charge in [0.2, 0.25) is 10.0 Å². The lowest BCUT2D eigenvalue weighted by Crippen LogP contribution is -2.39. The second-order valence-electron chi connectivity index (χ2n) is 6.33. The lowest BCUT2D eigenvalue weighted by molar-refractivity contribution is 0.278. The molecule has 0 saturated carbocycles. The molecule has 1 saturated heterocycles. The molecule has 0 radical (unpaired) electrons. The Morgan fingerprint density at radius 3 is 1.93 bits per heavy atom. The molecule has 27 heavy (non-hydrogen) atoms. The number of nitrogens with zero attached hydrogens (tertiary/aromatic N) is 1. The molecule has 1 aliphatic rings. The van der Waals surface area contributed by atoms with E-state index in [1.54, 1.807) is 59.9 Å². The van der Waals surface area contributed by atoms with Crippen molar-refractivity contribution in [2.45, 2.75) is 17.7 Å². The Kier molecular flexibility index (Phi) is 7.49. The summed E-state index contributed by atoms with van der Waals surface area (Å²) in [4.78, 5) is 0.283. The maximum absolute atomic E-state index is 12.8. The summed E-state index contributed by atoms with van der Waals surface area (Å²) in [6.07, 6.45) is 1.63. The van der Waals surface area contributed by atoms with Crippen LogP contribution in [-0.2, 0) is 10.0 Å². The van der Waals surface area contributed by atoms with Gasteiger partial charge < -0.3 is 15.2 Å². The molecule has 1 aliphatic heterocycles. The summed E-state index contributed by atoms with van der Waals surface area (Å²) in [7, 11) is -1.87. The highest BCUT2D eigenvalue weighted by Crippen LogP contribution is 2.27. The van der Waals surface area contributed by atoms with Crippen molar-refractivity contribution in [3.05, 3.63) is 48.5 Å². The maximum Gasteiger partial charge on any atom is 0.243 e. The highest BCUT2D eigenvalue weighted by Gasteiger charge is 2.28. The molecule has 0 spiro atoms. The standard InChI is InChI=1S/C19H24N2O4S.ClH/c1-24-16-2-4-17(5-3-16)25-18-6-8-19(9-7-18)26(22,23)21-12-10-15(14-20)11-13-21;/h2-9,15H,10-14,20H2,1H3;1H. The summed E-state index contributed by atoms with van der Waals surface area (Å²) in [5.74, 6) is 2.40. The minimum absolute atomic E-state index is 0. The smallest absolute Gasteiger partial charge is 0.243 e. The number of halogens is 1. The predicted molar refractivity (Wildman–Crippen MR) is 107 cm³/mol. The van der Waals surface area contributed by atoms with Gasteiger partial charge >= 0.3 is 0 Å². The predicted octanol–water partition coefficient (Wildman–Crippen LogP) is 3.27. The molecule has 0 aliphatic carbocycles. The first kappa shape index (κ1) is 21.5. The Morgan fingerprint density at radius 2 is 1.44 bits per heavy atom. The Labute approximate surface area is 166 Å². The van der Waals surface area contributed by atoms with Crippen molar-refractivity contribution < 1.29 is 17.9 Å². The maximum atomic E-state index is 12.8. The normalized spacial score (nSPS) is 15.8. The SMILES string of the molecule is COc1ccc(Oc2ccc(S(=O)(=O)N3CCC(CN)CC3)cc2)cc1.Cl. The molecule has 6 nitrogen and oxygen atoms in total. The Hall–Kier alpha value is -1.80. The fraction of sp³-hybridized carbons (Fsp3) is 0.368. The first-order valence-electron chi connectivity index (χ1n) is 8.65. The van der Waals surface area contributed by atoms with E-state index in [9.17, 15) is 8.42 Å². The van der Waals surface area contributed by atoms with Crippen LogP contribution < -0.4 is 15.2 Å². The van der Waals surface area contributed by atoms with Crippen LogP contribution in [-0.4, -0.2) is 39.5 Å². The number of methoxy groups -OCH3 is 1. The van der Waals surface area contributed by atoms with Gasteiger partial charge in [-0.1, -0.05) is 0 Å². The van der Waals surface area contributed by atoms with Crippen LogP contribution in [0.2, 0.25) is 0 Å². The minimum atomic E-state index is -3.47. The molecule has 2 N–H and O–H groups in total. The van der Waals surface area contributed by atoms with E-state index < -0.39 is 10.0 Å². The second-order valence-corrected chi connectivity index (χ2v) is 8.27. The van der Waals surface area contributed by atoms with Crippen LogP contribution in [0.1, 0.15) is 12.8 Å². The van der Waals surface area contributed by atoms with E-state index in [0.29, 0.717) is 37.1 Å². The van der Waals surface area contributed by atoms with E-state index in [0.717, 1.165) is 18.6 Å². The van der Waals surface area contributed by atoms with E-state index in [2.05, 4.69) is 0 Å². The molecule has 2 aromatic carbocycles. The fourth-order valence-electron chi connectivity index (χ4n) is 2.99. The van der Waals surface area contributed by atoms with Crippen molar-refractivity contribution in [3.63, 3.8) is 0 Å². The van der Waals surface area contributed by atoms with Crippen LogP contribution in [0.3, 0.4) is 0 Å². The first-order valence-corrected chi connectivity index (χ1v) is 10.1. The molecule has 2 aromatic rings. The number of rotatable bonds is 6. The summed E-state index contributed by atoms with van der Waals surface area (Å²) < 4.78 is 37.9. The first-order chi connectivity index (χ1) is 12.5. The molecule has 148 valence electrons. The third-order valence-corrected chi connectivity index (χ3v) is 6.58. The van der Waals surface area contributed by atoms with Gasteiger partial charge in [-0.3, -0.25) is 0 Å². The number of ether oxygens (including phenoxy) is 2. The number of sulfonamides is 1. The van der Waals surface area contributed by atoms with Crippen molar-refractivity contribution in [1.82, 2.24) is 4.31 Å². The molecule has 0 amide bonds. The summed E-state index contributed by atoms with van der Waals surface area (Å²) in [5.41, 5.74) is 5.68. The summed E-state index contributed by atoms with van der Waals surface area (Å²) >= 11 is 0.